The fourth-order valence-corrected chi connectivity index (χ4v) is 4.63. The molecule has 1 atom stereocenters. The maximum atomic E-state index is 14.0. The zero-order valence-electron chi connectivity index (χ0n) is 15.7. The first kappa shape index (κ1) is 18.7. The first-order valence-corrected chi connectivity index (χ1v) is 10.3. The van der Waals surface area contributed by atoms with Gasteiger partial charge in [-0.3, -0.25) is 0 Å². The highest BCUT2D eigenvalue weighted by Gasteiger charge is 2.22. The summed E-state index contributed by atoms with van der Waals surface area (Å²) in [6.07, 6.45) is 8.03. The SMILES string of the molecule is CC(c1c(Cl)ccc(F)c1Cl)c1c[nH]c2ncc(-c3ccn(C4CNC4)c3)cc12. The Morgan fingerprint density at radius 1 is 1.21 bits per heavy atom. The molecule has 1 aromatic carbocycles. The van der Waals surface area contributed by atoms with E-state index in [1.165, 1.54) is 6.07 Å². The number of nitrogens with zero attached hydrogens (tertiary/aromatic N) is 2. The van der Waals surface area contributed by atoms with Crippen molar-refractivity contribution in [3.05, 3.63) is 76.0 Å². The molecule has 4 nitrogen and oxygen atoms in total. The van der Waals surface area contributed by atoms with E-state index < -0.39 is 5.82 Å². The molecule has 0 aliphatic carbocycles. The Labute approximate surface area is 177 Å². The Kier molecular flexibility index (Phi) is 4.62. The van der Waals surface area contributed by atoms with Crippen LogP contribution in [-0.2, 0) is 0 Å². The molecule has 1 unspecified atom stereocenters. The van der Waals surface area contributed by atoms with Crippen LogP contribution in [0.25, 0.3) is 22.2 Å². The van der Waals surface area contributed by atoms with Gasteiger partial charge in [-0.05, 0) is 35.4 Å². The van der Waals surface area contributed by atoms with E-state index in [0.717, 1.165) is 40.8 Å². The molecule has 0 spiro atoms. The smallest absolute Gasteiger partial charge is 0.142 e. The standard InChI is InChI=1S/C22H19Cl2FN4/c1-12(20-18(23)2-3-19(25)21(20)24)17-10-28-22-16(17)6-14(7-27-22)13-4-5-29(11-13)15-8-26-9-15/h2-7,10-12,15,26H,8-9H2,1H3,(H,27,28). The average Bonchev–Trinajstić information content (AvgIpc) is 3.30. The van der Waals surface area contributed by atoms with Crippen LogP contribution >= 0.6 is 23.2 Å². The van der Waals surface area contributed by atoms with Gasteiger partial charge in [-0.2, -0.15) is 0 Å². The van der Waals surface area contributed by atoms with Gasteiger partial charge in [0.2, 0.25) is 0 Å². The second-order valence-corrected chi connectivity index (χ2v) is 8.29. The predicted octanol–water partition coefficient (Wildman–Crippen LogP) is 5.77. The van der Waals surface area contributed by atoms with Crippen molar-refractivity contribution >= 4 is 34.2 Å². The van der Waals surface area contributed by atoms with Gasteiger partial charge < -0.3 is 14.9 Å². The second-order valence-electron chi connectivity index (χ2n) is 7.50. The summed E-state index contributed by atoms with van der Waals surface area (Å²) < 4.78 is 16.3. The lowest BCUT2D eigenvalue weighted by atomic mass is 9.92. The summed E-state index contributed by atoms with van der Waals surface area (Å²) in [5.74, 6) is -0.662. The van der Waals surface area contributed by atoms with E-state index in [0.29, 0.717) is 16.6 Å². The number of H-pyrrole nitrogens is 1. The van der Waals surface area contributed by atoms with Crippen molar-refractivity contribution in [2.24, 2.45) is 0 Å². The van der Waals surface area contributed by atoms with Crippen LogP contribution in [0.3, 0.4) is 0 Å². The van der Waals surface area contributed by atoms with Crippen molar-refractivity contribution in [2.75, 3.05) is 13.1 Å². The first-order chi connectivity index (χ1) is 14.0. The molecular weight excluding hydrogens is 410 g/mol. The quantitative estimate of drug-likeness (QED) is 0.405. The molecule has 4 aromatic rings. The molecular formula is C22H19Cl2FN4. The number of fused-ring (bicyclic) bond motifs is 1. The van der Waals surface area contributed by atoms with E-state index in [4.69, 9.17) is 23.2 Å². The molecule has 1 aliphatic heterocycles. The third kappa shape index (κ3) is 3.14. The Morgan fingerprint density at radius 3 is 2.79 bits per heavy atom. The van der Waals surface area contributed by atoms with E-state index in [1.807, 2.05) is 19.3 Å². The molecule has 1 fully saturated rings. The van der Waals surface area contributed by atoms with Crippen molar-refractivity contribution < 1.29 is 4.39 Å². The van der Waals surface area contributed by atoms with Gasteiger partial charge in [0.15, 0.2) is 0 Å². The number of rotatable bonds is 4. The maximum absolute atomic E-state index is 14.0. The van der Waals surface area contributed by atoms with Gasteiger partial charge in [-0.1, -0.05) is 30.1 Å². The largest absolute Gasteiger partial charge is 0.348 e. The molecule has 4 heterocycles. The molecule has 29 heavy (non-hydrogen) atoms. The third-order valence-electron chi connectivity index (χ3n) is 5.77. The molecule has 5 rings (SSSR count). The minimum absolute atomic E-state index is 0.0645. The van der Waals surface area contributed by atoms with Crippen LogP contribution in [0.15, 0.2) is 49.1 Å². The monoisotopic (exact) mass is 428 g/mol. The highest BCUT2D eigenvalue weighted by Crippen LogP contribution is 2.39. The molecule has 0 radical (unpaired) electrons. The highest BCUT2D eigenvalue weighted by atomic mass is 35.5. The van der Waals surface area contributed by atoms with Crippen molar-refractivity contribution in [2.45, 2.75) is 18.9 Å². The molecule has 1 saturated heterocycles. The van der Waals surface area contributed by atoms with E-state index in [1.54, 1.807) is 6.07 Å². The molecule has 0 bridgehead atoms. The van der Waals surface area contributed by atoms with Gasteiger partial charge >= 0.3 is 0 Å². The molecule has 7 heteroatoms. The van der Waals surface area contributed by atoms with Crippen LogP contribution < -0.4 is 5.32 Å². The predicted molar refractivity (Wildman–Crippen MR) is 115 cm³/mol. The van der Waals surface area contributed by atoms with Crippen molar-refractivity contribution in [1.29, 1.82) is 0 Å². The molecule has 0 saturated carbocycles. The van der Waals surface area contributed by atoms with Crippen molar-refractivity contribution in [3.63, 3.8) is 0 Å². The molecule has 148 valence electrons. The summed E-state index contributed by atoms with van der Waals surface area (Å²) in [4.78, 5) is 7.80. The fraction of sp³-hybridized carbons (Fsp3) is 0.227. The van der Waals surface area contributed by atoms with Crippen molar-refractivity contribution in [1.82, 2.24) is 19.9 Å². The van der Waals surface area contributed by atoms with Gasteiger partial charge in [-0.25, -0.2) is 9.37 Å². The van der Waals surface area contributed by atoms with Gasteiger partial charge in [0.25, 0.3) is 0 Å². The maximum Gasteiger partial charge on any atom is 0.142 e. The average molecular weight is 429 g/mol. The van der Waals surface area contributed by atoms with Gasteiger partial charge in [0.05, 0.1) is 11.1 Å². The zero-order valence-corrected chi connectivity index (χ0v) is 17.2. The number of hydrogen-bond donors (Lipinski definition) is 2. The summed E-state index contributed by atoms with van der Waals surface area (Å²) in [6, 6.07) is 7.57. The van der Waals surface area contributed by atoms with Gasteiger partial charge in [-0.15, -0.1) is 0 Å². The number of benzene rings is 1. The Morgan fingerprint density at radius 2 is 2.03 bits per heavy atom. The minimum atomic E-state index is -0.469. The number of aromatic amines is 1. The van der Waals surface area contributed by atoms with Crippen LogP contribution in [-0.4, -0.2) is 27.6 Å². The molecule has 1 aliphatic rings. The van der Waals surface area contributed by atoms with Crippen LogP contribution in [0.2, 0.25) is 10.0 Å². The van der Waals surface area contributed by atoms with Crippen LogP contribution in [0.5, 0.6) is 0 Å². The summed E-state index contributed by atoms with van der Waals surface area (Å²) in [6.45, 7) is 3.97. The van der Waals surface area contributed by atoms with E-state index in [2.05, 4.69) is 44.4 Å². The molecule has 3 aromatic heterocycles. The lowest BCUT2D eigenvalue weighted by Crippen LogP contribution is -2.42. The number of aromatic nitrogens is 3. The lowest BCUT2D eigenvalue weighted by molar-refractivity contribution is 0.344. The highest BCUT2D eigenvalue weighted by molar-refractivity contribution is 6.36. The fourth-order valence-electron chi connectivity index (χ4n) is 3.93. The van der Waals surface area contributed by atoms with Crippen LogP contribution in [0.1, 0.15) is 30.0 Å². The number of nitrogens with one attached hydrogen (secondary N) is 2. The Balaban J connectivity index is 1.56. The van der Waals surface area contributed by atoms with Crippen LogP contribution in [0, 0.1) is 5.82 Å². The first-order valence-electron chi connectivity index (χ1n) is 9.52. The summed E-state index contributed by atoms with van der Waals surface area (Å²) in [5, 5.41) is 4.79. The van der Waals surface area contributed by atoms with Gasteiger partial charge in [0, 0.05) is 65.3 Å². The normalized spacial score (nSPS) is 15.6. The summed E-state index contributed by atoms with van der Waals surface area (Å²) in [5.41, 5.74) is 4.50. The summed E-state index contributed by atoms with van der Waals surface area (Å²) >= 11 is 12.6. The topological polar surface area (TPSA) is 45.6 Å². The minimum Gasteiger partial charge on any atom is -0.348 e. The Bertz CT molecular complexity index is 1210. The zero-order chi connectivity index (χ0) is 20.1. The van der Waals surface area contributed by atoms with E-state index in [9.17, 15) is 4.39 Å². The summed E-state index contributed by atoms with van der Waals surface area (Å²) in [7, 11) is 0. The van der Waals surface area contributed by atoms with E-state index >= 15 is 0 Å². The molecule has 0 amide bonds. The van der Waals surface area contributed by atoms with E-state index in [-0.39, 0.29) is 10.9 Å². The Hall–Kier alpha value is -2.34. The molecule has 2 N–H and O–H groups in total. The number of hydrogen-bond acceptors (Lipinski definition) is 2. The van der Waals surface area contributed by atoms with Crippen LogP contribution in [0.4, 0.5) is 4.39 Å². The number of halogens is 3. The third-order valence-corrected chi connectivity index (χ3v) is 6.49. The van der Waals surface area contributed by atoms with Gasteiger partial charge in [0.1, 0.15) is 11.5 Å². The van der Waals surface area contributed by atoms with Crippen molar-refractivity contribution in [3.8, 4) is 11.1 Å². The second kappa shape index (κ2) is 7.17. The number of pyridine rings is 1. The lowest BCUT2D eigenvalue weighted by Gasteiger charge is -2.28.